The number of ether oxygens (including phenoxy) is 1. The summed E-state index contributed by atoms with van der Waals surface area (Å²) < 4.78 is 5.98. The van der Waals surface area contributed by atoms with E-state index in [1.165, 1.54) is 0 Å². The lowest BCUT2D eigenvalue weighted by Gasteiger charge is -2.38. The molecule has 0 N–H and O–H groups in total. The fourth-order valence-electron chi connectivity index (χ4n) is 3.83. The number of hydrogen-bond donors (Lipinski definition) is 0. The highest BCUT2D eigenvalue weighted by atomic mass is 16.5. The average molecular weight is 374 g/mol. The zero-order chi connectivity index (χ0) is 19.2. The van der Waals surface area contributed by atoms with Gasteiger partial charge in [-0.05, 0) is 37.3 Å². The lowest BCUT2D eigenvalue weighted by atomic mass is 9.95. The smallest absolute Gasteiger partial charge is 0.319 e. The zero-order valence-electron chi connectivity index (χ0n) is 16.3. The number of carbonyl (C=O) groups is 2. The predicted molar refractivity (Wildman–Crippen MR) is 102 cm³/mol. The van der Waals surface area contributed by atoms with Gasteiger partial charge in [0.15, 0.2) is 0 Å². The van der Waals surface area contributed by atoms with Crippen LogP contribution in [0.1, 0.15) is 31.2 Å². The molecule has 148 valence electrons. The van der Waals surface area contributed by atoms with Crippen LogP contribution in [0.4, 0.5) is 4.79 Å². The lowest BCUT2D eigenvalue weighted by molar-refractivity contribution is -0.139. The van der Waals surface area contributed by atoms with Crippen molar-refractivity contribution in [2.24, 2.45) is 5.92 Å². The van der Waals surface area contributed by atoms with Crippen LogP contribution >= 0.6 is 0 Å². The second-order valence-electron chi connectivity index (χ2n) is 7.66. The third kappa shape index (κ3) is 5.19. The van der Waals surface area contributed by atoms with Gasteiger partial charge in [0.05, 0.1) is 18.6 Å². The van der Waals surface area contributed by atoms with Crippen molar-refractivity contribution in [2.45, 2.75) is 38.4 Å². The molecular weight excluding hydrogens is 344 g/mol. The van der Waals surface area contributed by atoms with Crippen LogP contribution in [0.2, 0.25) is 0 Å². The van der Waals surface area contributed by atoms with Crippen molar-refractivity contribution in [3.05, 3.63) is 30.1 Å². The summed E-state index contributed by atoms with van der Waals surface area (Å²) in [6, 6.07) is 3.92. The molecule has 3 amide bonds. The number of urea groups is 1. The Bertz CT molecular complexity index is 629. The van der Waals surface area contributed by atoms with E-state index in [0.29, 0.717) is 13.2 Å². The predicted octanol–water partition coefficient (Wildman–Crippen LogP) is 1.98. The van der Waals surface area contributed by atoms with Crippen LogP contribution < -0.4 is 0 Å². The van der Waals surface area contributed by atoms with E-state index in [4.69, 9.17) is 4.74 Å². The molecule has 3 heterocycles. The van der Waals surface area contributed by atoms with Gasteiger partial charge in [-0.3, -0.25) is 9.78 Å². The molecule has 0 aromatic carbocycles. The van der Waals surface area contributed by atoms with Gasteiger partial charge in [0, 0.05) is 52.7 Å². The highest BCUT2D eigenvalue weighted by Crippen LogP contribution is 2.23. The van der Waals surface area contributed by atoms with Crippen LogP contribution in [0.5, 0.6) is 0 Å². The number of likely N-dealkylation sites (tertiary alicyclic amines) is 2. The Hall–Kier alpha value is -2.15. The molecule has 7 heteroatoms. The maximum Gasteiger partial charge on any atom is 0.319 e. The van der Waals surface area contributed by atoms with Crippen LogP contribution in [0, 0.1) is 5.92 Å². The number of amides is 3. The maximum absolute atomic E-state index is 12.9. The second-order valence-corrected chi connectivity index (χ2v) is 7.66. The van der Waals surface area contributed by atoms with E-state index in [2.05, 4.69) is 4.98 Å². The monoisotopic (exact) mass is 374 g/mol. The van der Waals surface area contributed by atoms with E-state index < -0.39 is 0 Å². The quantitative estimate of drug-likeness (QED) is 0.808. The van der Waals surface area contributed by atoms with Crippen LogP contribution in [0.15, 0.2) is 24.5 Å². The summed E-state index contributed by atoms with van der Waals surface area (Å²) >= 11 is 0. The number of piperidine rings is 2. The van der Waals surface area contributed by atoms with Gasteiger partial charge in [-0.1, -0.05) is 6.07 Å². The lowest BCUT2D eigenvalue weighted by Crippen LogP contribution is -2.51. The topological polar surface area (TPSA) is 66.0 Å². The van der Waals surface area contributed by atoms with Gasteiger partial charge in [0.2, 0.25) is 5.91 Å². The minimum Gasteiger partial charge on any atom is -0.373 e. The SMILES string of the molecule is CN(C)C(=O)N1CCC[C@H](C(=O)N2CCC(OCc3cccnc3)CC2)C1. The molecule has 1 aromatic heterocycles. The average Bonchev–Trinajstić information content (AvgIpc) is 2.72. The van der Waals surface area contributed by atoms with Crippen molar-refractivity contribution in [1.29, 1.82) is 0 Å². The van der Waals surface area contributed by atoms with Crippen molar-refractivity contribution >= 4 is 11.9 Å². The molecule has 0 saturated carbocycles. The summed E-state index contributed by atoms with van der Waals surface area (Å²) in [4.78, 5) is 34.5. The summed E-state index contributed by atoms with van der Waals surface area (Å²) in [6.45, 7) is 3.30. The molecule has 0 unspecified atom stereocenters. The highest BCUT2D eigenvalue weighted by molar-refractivity contribution is 5.81. The van der Waals surface area contributed by atoms with Gasteiger partial charge in [-0.15, -0.1) is 0 Å². The first-order valence-corrected chi connectivity index (χ1v) is 9.80. The van der Waals surface area contributed by atoms with Crippen molar-refractivity contribution in [3.8, 4) is 0 Å². The summed E-state index contributed by atoms with van der Waals surface area (Å²) in [7, 11) is 3.51. The van der Waals surface area contributed by atoms with Crippen molar-refractivity contribution in [3.63, 3.8) is 0 Å². The number of rotatable bonds is 4. The third-order valence-electron chi connectivity index (χ3n) is 5.39. The molecule has 1 aromatic rings. The van der Waals surface area contributed by atoms with Gasteiger partial charge in [-0.2, -0.15) is 0 Å². The van der Waals surface area contributed by atoms with Crippen LogP contribution in [-0.2, 0) is 16.1 Å². The van der Waals surface area contributed by atoms with Crippen LogP contribution in [0.25, 0.3) is 0 Å². The zero-order valence-corrected chi connectivity index (χ0v) is 16.3. The standard InChI is InChI=1S/C20H30N4O3/c1-22(2)20(26)24-10-4-6-17(14-24)19(25)23-11-7-18(8-12-23)27-15-16-5-3-9-21-13-16/h3,5,9,13,17-18H,4,6-8,10-12,14-15H2,1-2H3/t17-/m0/s1. The largest absolute Gasteiger partial charge is 0.373 e. The molecule has 1 atom stereocenters. The van der Waals surface area contributed by atoms with Crippen molar-refractivity contribution in [1.82, 2.24) is 19.7 Å². The van der Waals surface area contributed by atoms with Gasteiger partial charge in [0.25, 0.3) is 0 Å². The van der Waals surface area contributed by atoms with E-state index in [1.54, 1.807) is 30.1 Å². The molecule has 0 aliphatic carbocycles. The summed E-state index contributed by atoms with van der Waals surface area (Å²) in [6.07, 6.45) is 7.24. The summed E-state index contributed by atoms with van der Waals surface area (Å²) in [5.74, 6) is 0.118. The van der Waals surface area contributed by atoms with E-state index in [-0.39, 0.29) is 24.0 Å². The highest BCUT2D eigenvalue weighted by Gasteiger charge is 2.33. The van der Waals surface area contributed by atoms with E-state index in [1.807, 2.05) is 23.2 Å². The Morgan fingerprint density at radius 1 is 1.19 bits per heavy atom. The van der Waals surface area contributed by atoms with E-state index >= 15 is 0 Å². The summed E-state index contributed by atoms with van der Waals surface area (Å²) in [5.41, 5.74) is 1.07. The number of nitrogens with zero attached hydrogens (tertiary/aromatic N) is 4. The Kier molecular flexibility index (Phi) is 6.66. The molecule has 3 rings (SSSR count). The van der Waals surface area contributed by atoms with Crippen molar-refractivity contribution in [2.75, 3.05) is 40.3 Å². The number of hydrogen-bond acceptors (Lipinski definition) is 4. The molecule has 2 aliphatic heterocycles. The van der Waals surface area contributed by atoms with E-state index in [0.717, 1.165) is 50.9 Å². The first-order valence-electron chi connectivity index (χ1n) is 9.80. The van der Waals surface area contributed by atoms with E-state index in [9.17, 15) is 9.59 Å². The fourth-order valence-corrected chi connectivity index (χ4v) is 3.83. The molecule has 2 saturated heterocycles. The molecule has 0 spiro atoms. The molecule has 0 radical (unpaired) electrons. The Balaban J connectivity index is 1.44. The molecule has 2 fully saturated rings. The third-order valence-corrected chi connectivity index (χ3v) is 5.39. The normalized spacial score (nSPS) is 21.2. The maximum atomic E-state index is 12.9. The Morgan fingerprint density at radius 2 is 1.96 bits per heavy atom. The number of pyridine rings is 1. The molecule has 2 aliphatic rings. The van der Waals surface area contributed by atoms with Gasteiger partial charge in [0.1, 0.15) is 0 Å². The Morgan fingerprint density at radius 3 is 2.63 bits per heavy atom. The first kappa shape index (κ1) is 19.6. The fraction of sp³-hybridized carbons (Fsp3) is 0.650. The van der Waals surface area contributed by atoms with Crippen LogP contribution in [-0.4, -0.2) is 78.0 Å². The molecule has 7 nitrogen and oxygen atoms in total. The Labute approximate surface area is 161 Å². The second kappa shape index (κ2) is 9.17. The molecular formula is C20H30N4O3. The minimum atomic E-state index is -0.0736. The van der Waals surface area contributed by atoms with Crippen LogP contribution in [0.3, 0.4) is 0 Å². The first-order chi connectivity index (χ1) is 13.0. The summed E-state index contributed by atoms with van der Waals surface area (Å²) in [5, 5.41) is 0. The van der Waals surface area contributed by atoms with Gasteiger partial charge < -0.3 is 19.4 Å². The molecule has 0 bridgehead atoms. The minimum absolute atomic E-state index is 0.00462. The van der Waals surface area contributed by atoms with Crippen molar-refractivity contribution < 1.29 is 14.3 Å². The van der Waals surface area contributed by atoms with Gasteiger partial charge >= 0.3 is 6.03 Å². The molecule has 27 heavy (non-hydrogen) atoms. The number of carbonyl (C=O) groups excluding carboxylic acids is 2. The number of aromatic nitrogens is 1. The van der Waals surface area contributed by atoms with Gasteiger partial charge in [-0.25, -0.2) is 4.79 Å².